The maximum absolute atomic E-state index is 11.4. The second-order valence-electron chi connectivity index (χ2n) is 3.99. The van der Waals surface area contributed by atoms with Crippen LogP contribution < -0.4 is 5.56 Å². The van der Waals surface area contributed by atoms with Gasteiger partial charge in [0.15, 0.2) is 0 Å². The molecular weight excluding hydrogens is 196 g/mol. The monoisotopic (exact) mass is 210 g/mol. The van der Waals surface area contributed by atoms with E-state index in [1.54, 1.807) is 0 Å². The van der Waals surface area contributed by atoms with Crippen LogP contribution in [0.4, 0.5) is 0 Å². The predicted octanol–water partition coefficient (Wildman–Crippen LogP) is 0.988. The Bertz CT molecular complexity index is 415. The molecule has 1 saturated carbocycles. The molecule has 1 aliphatic rings. The van der Waals surface area contributed by atoms with Gasteiger partial charge in [0.25, 0.3) is 5.56 Å². The number of rotatable bonds is 4. The molecule has 0 bridgehead atoms. The fourth-order valence-corrected chi connectivity index (χ4v) is 1.92. The van der Waals surface area contributed by atoms with Gasteiger partial charge in [0.1, 0.15) is 0 Å². The van der Waals surface area contributed by atoms with E-state index >= 15 is 0 Å². The van der Waals surface area contributed by atoms with Crippen molar-refractivity contribution in [3.63, 3.8) is 0 Å². The number of H-pyrrole nitrogens is 2. The standard InChI is InChI=1S/C10H14N2O3/c13-8(14)5-4-7-9(6-2-1-3-6)11-12-10(7)15/h6H,1-5H2,(H,13,14)(H2,11,12,15). The molecule has 0 atom stereocenters. The van der Waals surface area contributed by atoms with E-state index in [1.165, 1.54) is 6.42 Å². The van der Waals surface area contributed by atoms with Crippen molar-refractivity contribution in [3.05, 3.63) is 21.6 Å². The largest absolute Gasteiger partial charge is 0.481 e. The van der Waals surface area contributed by atoms with Gasteiger partial charge < -0.3 is 10.2 Å². The normalized spacial score (nSPS) is 16.3. The van der Waals surface area contributed by atoms with Crippen LogP contribution in [-0.4, -0.2) is 21.3 Å². The van der Waals surface area contributed by atoms with Crippen molar-refractivity contribution in [2.75, 3.05) is 0 Å². The van der Waals surface area contributed by atoms with E-state index in [2.05, 4.69) is 10.2 Å². The predicted molar refractivity (Wildman–Crippen MR) is 54.0 cm³/mol. The van der Waals surface area contributed by atoms with Crippen LogP contribution in [0.1, 0.15) is 42.9 Å². The van der Waals surface area contributed by atoms with Gasteiger partial charge in [0, 0.05) is 23.6 Å². The molecule has 1 aromatic heterocycles. The number of aliphatic carboxylic acids is 1. The van der Waals surface area contributed by atoms with Gasteiger partial charge in [0.2, 0.25) is 0 Å². The SMILES string of the molecule is O=C(O)CCc1c(C2CCC2)[nH][nH]c1=O. The molecule has 0 saturated heterocycles. The van der Waals surface area contributed by atoms with Gasteiger partial charge in [0.05, 0.1) is 0 Å². The molecule has 1 aliphatic carbocycles. The Morgan fingerprint density at radius 2 is 2.13 bits per heavy atom. The molecule has 1 aromatic rings. The maximum atomic E-state index is 11.4. The lowest BCUT2D eigenvalue weighted by atomic mass is 9.81. The van der Waals surface area contributed by atoms with Crippen molar-refractivity contribution in [2.24, 2.45) is 0 Å². The molecule has 2 rings (SSSR count). The van der Waals surface area contributed by atoms with Crippen molar-refractivity contribution < 1.29 is 9.90 Å². The third-order valence-electron chi connectivity index (χ3n) is 3.01. The highest BCUT2D eigenvalue weighted by Crippen LogP contribution is 2.36. The molecule has 1 heterocycles. The molecule has 5 heteroatoms. The number of hydrogen-bond acceptors (Lipinski definition) is 2. The van der Waals surface area contributed by atoms with Crippen molar-refractivity contribution in [3.8, 4) is 0 Å². The zero-order chi connectivity index (χ0) is 10.8. The third kappa shape index (κ3) is 1.95. The molecular formula is C10H14N2O3. The van der Waals surface area contributed by atoms with Crippen LogP contribution in [-0.2, 0) is 11.2 Å². The minimum atomic E-state index is -0.866. The minimum absolute atomic E-state index is 0.0145. The van der Waals surface area contributed by atoms with E-state index in [0.717, 1.165) is 18.5 Å². The summed E-state index contributed by atoms with van der Waals surface area (Å²) in [6, 6.07) is 0. The Labute approximate surface area is 86.5 Å². The lowest BCUT2D eigenvalue weighted by molar-refractivity contribution is -0.136. The topological polar surface area (TPSA) is 85.9 Å². The van der Waals surface area contributed by atoms with Crippen LogP contribution >= 0.6 is 0 Å². The summed E-state index contributed by atoms with van der Waals surface area (Å²) in [4.78, 5) is 21.9. The number of aromatic amines is 2. The van der Waals surface area contributed by atoms with Gasteiger partial charge in [-0.25, -0.2) is 0 Å². The number of aromatic nitrogens is 2. The molecule has 3 N–H and O–H groups in total. The lowest BCUT2D eigenvalue weighted by Crippen LogP contribution is -2.15. The summed E-state index contributed by atoms with van der Waals surface area (Å²) in [6.45, 7) is 0. The molecule has 1 fully saturated rings. The van der Waals surface area contributed by atoms with E-state index < -0.39 is 5.97 Å². The maximum Gasteiger partial charge on any atom is 0.303 e. The number of carboxylic acid groups (broad SMARTS) is 1. The number of carboxylic acids is 1. The first-order valence-electron chi connectivity index (χ1n) is 5.19. The van der Waals surface area contributed by atoms with Crippen molar-refractivity contribution in [1.82, 2.24) is 10.2 Å². The highest BCUT2D eigenvalue weighted by Gasteiger charge is 2.25. The average Bonchev–Trinajstić information content (AvgIpc) is 2.42. The zero-order valence-electron chi connectivity index (χ0n) is 8.38. The van der Waals surface area contributed by atoms with Gasteiger partial charge in [-0.05, 0) is 19.3 Å². The molecule has 15 heavy (non-hydrogen) atoms. The fraction of sp³-hybridized carbons (Fsp3) is 0.600. The minimum Gasteiger partial charge on any atom is -0.481 e. The Morgan fingerprint density at radius 3 is 2.67 bits per heavy atom. The molecule has 0 spiro atoms. The van der Waals surface area contributed by atoms with Crippen LogP contribution in [0.5, 0.6) is 0 Å². The summed E-state index contributed by atoms with van der Waals surface area (Å²) in [7, 11) is 0. The van der Waals surface area contributed by atoms with Gasteiger partial charge >= 0.3 is 5.97 Å². The third-order valence-corrected chi connectivity index (χ3v) is 3.01. The molecule has 0 unspecified atom stereocenters. The second-order valence-corrected chi connectivity index (χ2v) is 3.99. The van der Waals surface area contributed by atoms with E-state index in [1.807, 2.05) is 0 Å². The van der Waals surface area contributed by atoms with E-state index in [-0.39, 0.29) is 12.0 Å². The van der Waals surface area contributed by atoms with Crippen LogP contribution in [0, 0.1) is 0 Å². The Hall–Kier alpha value is -1.52. The lowest BCUT2D eigenvalue weighted by Gasteiger charge is -2.24. The summed E-state index contributed by atoms with van der Waals surface area (Å²) in [5, 5.41) is 14.0. The Morgan fingerprint density at radius 1 is 1.40 bits per heavy atom. The van der Waals surface area contributed by atoms with Gasteiger partial charge in [-0.15, -0.1) is 0 Å². The van der Waals surface area contributed by atoms with Gasteiger partial charge in [-0.2, -0.15) is 0 Å². The smallest absolute Gasteiger partial charge is 0.303 e. The number of carbonyl (C=O) groups is 1. The van der Waals surface area contributed by atoms with Gasteiger partial charge in [-0.3, -0.25) is 14.7 Å². The van der Waals surface area contributed by atoms with E-state index in [4.69, 9.17) is 5.11 Å². The molecule has 0 radical (unpaired) electrons. The molecule has 0 amide bonds. The highest BCUT2D eigenvalue weighted by atomic mass is 16.4. The fourth-order valence-electron chi connectivity index (χ4n) is 1.92. The quantitative estimate of drug-likeness (QED) is 0.692. The molecule has 0 aromatic carbocycles. The van der Waals surface area contributed by atoms with Crippen molar-refractivity contribution in [2.45, 2.75) is 38.0 Å². The van der Waals surface area contributed by atoms with Crippen molar-refractivity contribution >= 4 is 5.97 Å². The highest BCUT2D eigenvalue weighted by molar-refractivity contribution is 5.67. The first-order valence-corrected chi connectivity index (χ1v) is 5.19. The summed E-state index contributed by atoms with van der Waals surface area (Å²) >= 11 is 0. The van der Waals surface area contributed by atoms with Crippen LogP contribution in [0.3, 0.4) is 0 Å². The van der Waals surface area contributed by atoms with Crippen LogP contribution in [0.2, 0.25) is 0 Å². The molecule has 0 aliphatic heterocycles. The summed E-state index contributed by atoms with van der Waals surface area (Å²) in [6.07, 6.45) is 3.71. The summed E-state index contributed by atoms with van der Waals surface area (Å²) in [5.74, 6) is -0.442. The van der Waals surface area contributed by atoms with E-state index in [9.17, 15) is 9.59 Å². The number of hydrogen-bond donors (Lipinski definition) is 3. The second kappa shape index (κ2) is 3.92. The van der Waals surface area contributed by atoms with Crippen LogP contribution in [0.15, 0.2) is 4.79 Å². The first-order chi connectivity index (χ1) is 7.18. The van der Waals surface area contributed by atoms with E-state index in [0.29, 0.717) is 17.9 Å². The summed E-state index contributed by atoms with van der Waals surface area (Å²) in [5.41, 5.74) is 1.38. The zero-order valence-corrected chi connectivity index (χ0v) is 8.38. The Kier molecular flexibility index (Phi) is 2.62. The van der Waals surface area contributed by atoms with Crippen molar-refractivity contribution in [1.29, 1.82) is 0 Å². The van der Waals surface area contributed by atoms with Gasteiger partial charge in [-0.1, -0.05) is 6.42 Å². The Balaban J connectivity index is 2.16. The molecule has 5 nitrogen and oxygen atoms in total. The number of nitrogens with one attached hydrogen (secondary N) is 2. The summed E-state index contributed by atoms with van der Waals surface area (Å²) < 4.78 is 0. The molecule has 82 valence electrons. The average molecular weight is 210 g/mol. The van der Waals surface area contributed by atoms with Crippen LogP contribution in [0.25, 0.3) is 0 Å². The first kappa shape index (κ1) is 10.0.